The summed E-state index contributed by atoms with van der Waals surface area (Å²) in [5, 5.41) is 10.3. The third kappa shape index (κ3) is 6.42. The first kappa shape index (κ1) is 19.9. The number of carbonyl (C=O) groups excluding carboxylic acids is 1. The molecule has 0 aromatic heterocycles. The summed E-state index contributed by atoms with van der Waals surface area (Å²) in [6, 6.07) is 10.1. The second-order valence-corrected chi connectivity index (χ2v) is 6.78. The van der Waals surface area contributed by atoms with Crippen LogP contribution in [0.5, 0.6) is 0 Å². The van der Waals surface area contributed by atoms with Crippen molar-refractivity contribution in [2.24, 2.45) is 5.92 Å². The van der Waals surface area contributed by atoms with Crippen LogP contribution in [0, 0.1) is 5.92 Å². The van der Waals surface area contributed by atoms with E-state index in [1.807, 2.05) is 25.1 Å². The standard InChI is InChI=1S/C20H31NO4/c1-3-19(16-8-6-5-7-9-16)25-15-18(22)14-21-12-10-17(11-13-21)20(23)24-4-2/h5-9,17-19,22H,3-4,10-15H2,1-2H3/p+1/t18-,19+/m1/s1. The Hall–Kier alpha value is -1.43. The number of esters is 1. The van der Waals surface area contributed by atoms with E-state index in [0.29, 0.717) is 19.8 Å². The minimum atomic E-state index is -0.480. The summed E-state index contributed by atoms with van der Waals surface area (Å²) in [6.45, 7) is 7.19. The number of hydrogen-bond acceptors (Lipinski definition) is 4. The van der Waals surface area contributed by atoms with Crippen molar-refractivity contribution in [1.82, 2.24) is 0 Å². The highest BCUT2D eigenvalue weighted by Crippen LogP contribution is 2.20. The lowest BCUT2D eigenvalue weighted by Crippen LogP contribution is -3.14. The summed E-state index contributed by atoms with van der Waals surface area (Å²) < 4.78 is 11.0. The molecule has 0 spiro atoms. The third-order valence-corrected chi connectivity index (χ3v) is 4.87. The van der Waals surface area contributed by atoms with E-state index >= 15 is 0 Å². The fraction of sp³-hybridized carbons (Fsp3) is 0.650. The molecule has 0 amide bonds. The van der Waals surface area contributed by atoms with Gasteiger partial charge in [0.05, 0.1) is 38.3 Å². The molecule has 2 atom stereocenters. The Morgan fingerprint density at radius 2 is 1.92 bits per heavy atom. The average molecular weight is 350 g/mol. The minimum Gasteiger partial charge on any atom is -0.466 e. The number of likely N-dealkylation sites (tertiary alicyclic amines) is 1. The van der Waals surface area contributed by atoms with E-state index in [4.69, 9.17) is 9.47 Å². The SMILES string of the molecule is CCOC(=O)C1CC[NH+](C[C@@H](O)CO[C@@H](CC)c2ccccc2)CC1. The van der Waals surface area contributed by atoms with Crippen LogP contribution in [0.15, 0.2) is 30.3 Å². The first-order valence-electron chi connectivity index (χ1n) is 9.48. The smallest absolute Gasteiger partial charge is 0.309 e. The van der Waals surface area contributed by atoms with Gasteiger partial charge < -0.3 is 19.5 Å². The minimum absolute atomic E-state index is 0.0274. The molecule has 1 aromatic rings. The molecule has 2 N–H and O–H groups in total. The molecule has 5 nitrogen and oxygen atoms in total. The van der Waals surface area contributed by atoms with E-state index in [2.05, 4.69) is 19.1 Å². The van der Waals surface area contributed by atoms with Crippen molar-refractivity contribution in [3.05, 3.63) is 35.9 Å². The van der Waals surface area contributed by atoms with Gasteiger partial charge in [0.2, 0.25) is 0 Å². The highest BCUT2D eigenvalue weighted by molar-refractivity contribution is 5.72. The van der Waals surface area contributed by atoms with Gasteiger partial charge in [0.1, 0.15) is 12.6 Å². The van der Waals surface area contributed by atoms with E-state index in [9.17, 15) is 9.90 Å². The van der Waals surface area contributed by atoms with Crippen LogP contribution in [0.4, 0.5) is 0 Å². The molecule has 25 heavy (non-hydrogen) atoms. The number of ether oxygens (including phenoxy) is 2. The van der Waals surface area contributed by atoms with E-state index < -0.39 is 6.10 Å². The zero-order chi connectivity index (χ0) is 18.1. The van der Waals surface area contributed by atoms with Crippen molar-refractivity contribution in [2.75, 3.05) is 32.8 Å². The van der Waals surface area contributed by atoms with Gasteiger partial charge in [-0.05, 0) is 18.9 Å². The average Bonchev–Trinajstić information content (AvgIpc) is 2.64. The molecule has 1 saturated heterocycles. The van der Waals surface area contributed by atoms with Crippen LogP contribution in [-0.4, -0.2) is 50.0 Å². The molecule has 140 valence electrons. The van der Waals surface area contributed by atoms with Gasteiger partial charge >= 0.3 is 5.97 Å². The zero-order valence-corrected chi connectivity index (χ0v) is 15.4. The predicted octanol–water partition coefficient (Wildman–Crippen LogP) is 1.37. The van der Waals surface area contributed by atoms with Crippen LogP contribution in [0.25, 0.3) is 0 Å². The molecule has 0 radical (unpaired) electrons. The summed E-state index contributed by atoms with van der Waals surface area (Å²) in [5.41, 5.74) is 1.15. The van der Waals surface area contributed by atoms with Gasteiger partial charge in [-0.15, -0.1) is 0 Å². The van der Waals surface area contributed by atoms with Crippen molar-refractivity contribution in [1.29, 1.82) is 0 Å². The van der Waals surface area contributed by atoms with Crippen LogP contribution in [0.2, 0.25) is 0 Å². The summed E-state index contributed by atoms with van der Waals surface area (Å²) in [6.07, 6.45) is 2.11. The van der Waals surface area contributed by atoms with Crippen LogP contribution in [-0.2, 0) is 14.3 Å². The lowest BCUT2D eigenvalue weighted by atomic mass is 9.97. The Bertz CT molecular complexity index is 500. The second kappa shape index (κ2) is 10.5. The number of hydrogen-bond donors (Lipinski definition) is 2. The summed E-state index contributed by atoms with van der Waals surface area (Å²) in [4.78, 5) is 13.1. The number of quaternary nitrogens is 1. The lowest BCUT2D eigenvalue weighted by molar-refractivity contribution is -0.908. The second-order valence-electron chi connectivity index (χ2n) is 6.78. The number of aliphatic hydroxyl groups is 1. The van der Waals surface area contributed by atoms with Gasteiger partial charge in [0.15, 0.2) is 0 Å². The lowest BCUT2D eigenvalue weighted by Gasteiger charge is -2.29. The molecule has 2 rings (SSSR count). The Morgan fingerprint density at radius 1 is 1.24 bits per heavy atom. The van der Waals surface area contributed by atoms with Crippen LogP contribution < -0.4 is 4.90 Å². The fourth-order valence-electron chi connectivity index (χ4n) is 3.46. The van der Waals surface area contributed by atoms with Gasteiger partial charge in [0.25, 0.3) is 0 Å². The van der Waals surface area contributed by atoms with Gasteiger partial charge in [0, 0.05) is 12.8 Å². The van der Waals surface area contributed by atoms with Crippen molar-refractivity contribution >= 4 is 5.97 Å². The molecule has 0 saturated carbocycles. The third-order valence-electron chi connectivity index (χ3n) is 4.87. The maximum absolute atomic E-state index is 11.8. The zero-order valence-electron chi connectivity index (χ0n) is 15.4. The van der Waals surface area contributed by atoms with Crippen LogP contribution in [0.1, 0.15) is 44.8 Å². The number of benzene rings is 1. The number of rotatable bonds is 9. The number of aliphatic hydroxyl groups excluding tert-OH is 1. The van der Waals surface area contributed by atoms with Crippen LogP contribution in [0.3, 0.4) is 0 Å². The van der Waals surface area contributed by atoms with Gasteiger partial charge in [-0.1, -0.05) is 37.3 Å². The van der Waals surface area contributed by atoms with Gasteiger partial charge in [-0.25, -0.2) is 0 Å². The molecule has 0 bridgehead atoms. The molecule has 1 aromatic carbocycles. The van der Waals surface area contributed by atoms with E-state index in [0.717, 1.165) is 37.9 Å². The van der Waals surface area contributed by atoms with E-state index in [1.165, 1.54) is 4.90 Å². The summed E-state index contributed by atoms with van der Waals surface area (Å²) in [7, 11) is 0. The van der Waals surface area contributed by atoms with Gasteiger partial charge in [-0.3, -0.25) is 4.79 Å². The molecule has 5 heteroatoms. The summed E-state index contributed by atoms with van der Waals surface area (Å²) >= 11 is 0. The first-order chi connectivity index (χ1) is 12.1. The molecular formula is C20H32NO4+. The van der Waals surface area contributed by atoms with Gasteiger partial charge in [-0.2, -0.15) is 0 Å². The monoisotopic (exact) mass is 350 g/mol. The number of carbonyl (C=O) groups is 1. The highest BCUT2D eigenvalue weighted by Gasteiger charge is 2.29. The number of nitrogens with one attached hydrogen (secondary N) is 1. The number of piperidine rings is 1. The fourth-order valence-corrected chi connectivity index (χ4v) is 3.46. The highest BCUT2D eigenvalue weighted by atomic mass is 16.5. The normalized spacial score (nSPS) is 23.0. The first-order valence-corrected chi connectivity index (χ1v) is 9.48. The molecular weight excluding hydrogens is 318 g/mol. The molecule has 1 aliphatic heterocycles. The predicted molar refractivity (Wildman–Crippen MR) is 96.4 cm³/mol. The van der Waals surface area contributed by atoms with E-state index in [1.54, 1.807) is 0 Å². The van der Waals surface area contributed by atoms with E-state index in [-0.39, 0.29) is 18.0 Å². The molecule has 0 aliphatic carbocycles. The van der Waals surface area contributed by atoms with Crippen molar-refractivity contribution in [3.63, 3.8) is 0 Å². The van der Waals surface area contributed by atoms with Crippen molar-refractivity contribution < 1.29 is 24.3 Å². The Morgan fingerprint density at radius 3 is 2.52 bits per heavy atom. The quantitative estimate of drug-likeness (QED) is 0.661. The maximum Gasteiger partial charge on any atom is 0.309 e. The Labute approximate surface area is 150 Å². The molecule has 1 fully saturated rings. The van der Waals surface area contributed by atoms with Crippen molar-refractivity contribution in [3.8, 4) is 0 Å². The Balaban J connectivity index is 1.70. The Kier molecular flexibility index (Phi) is 8.38. The van der Waals surface area contributed by atoms with Crippen LogP contribution >= 0.6 is 0 Å². The molecule has 1 heterocycles. The topological polar surface area (TPSA) is 60.2 Å². The van der Waals surface area contributed by atoms with Crippen molar-refractivity contribution in [2.45, 2.75) is 45.3 Å². The maximum atomic E-state index is 11.8. The molecule has 1 aliphatic rings. The summed E-state index contributed by atoms with van der Waals surface area (Å²) in [5.74, 6) is -0.0428. The largest absolute Gasteiger partial charge is 0.466 e. The molecule has 0 unspecified atom stereocenters.